The first-order chi connectivity index (χ1) is 16.4. The van der Waals surface area contributed by atoms with Crippen molar-refractivity contribution in [3.05, 3.63) is 60.7 Å². The third-order valence-electron chi connectivity index (χ3n) is 5.94. The van der Waals surface area contributed by atoms with Gasteiger partial charge < -0.3 is 14.6 Å². The fourth-order valence-electron chi connectivity index (χ4n) is 4.30. The van der Waals surface area contributed by atoms with Gasteiger partial charge in [-0.2, -0.15) is 4.31 Å². The number of fused-ring (bicyclic) bond motifs is 1. The highest BCUT2D eigenvalue weighted by Crippen LogP contribution is 2.36. The maximum absolute atomic E-state index is 13.8. The molecule has 1 aromatic carbocycles. The van der Waals surface area contributed by atoms with Gasteiger partial charge in [-0.3, -0.25) is 4.79 Å². The van der Waals surface area contributed by atoms with Gasteiger partial charge in [0.25, 0.3) is 5.91 Å². The van der Waals surface area contributed by atoms with Gasteiger partial charge >= 0.3 is 0 Å². The van der Waals surface area contributed by atoms with E-state index < -0.39 is 16.1 Å². The summed E-state index contributed by atoms with van der Waals surface area (Å²) in [6.45, 7) is 2.56. The first kappa shape index (κ1) is 22.0. The average Bonchev–Trinajstić information content (AvgIpc) is 3.54. The number of nitrogens with zero attached hydrogens (tertiary/aromatic N) is 6. The van der Waals surface area contributed by atoms with Gasteiger partial charge in [-0.25, -0.2) is 18.1 Å². The summed E-state index contributed by atoms with van der Waals surface area (Å²) < 4.78 is 35.9. The third-order valence-corrected chi connectivity index (χ3v) is 7.98. The zero-order valence-corrected chi connectivity index (χ0v) is 19.4. The molecule has 11 nitrogen and oxygen atoms in total. The Kier molecular flexibility index (Phi) is 5.54. The van der Waals surface area contributed by atoms with Crippen LogP contribution in [0.1, 0.15) is 17.3 Å². The number of hydrogen-bond acceptors (Lipinski definition) is 7. The van der Waals surface area contributed by atoms with Crippen LogP contribution in [0.3, 0.4) is 0 Å². The molecule has 0 aliphatic carbocycles. The Morgan fingerprint density at radius 3 is 2.68 bits per heavy atom. The van der Waals surface area contributed by atoms with E-state index in [1.165, 1.54) is 34.7 Å². The van der Waals surface area contributed by atoms with Crippen LogP contribution in [-0.2, 0) is 10.0 Å². The van der Waals surface area contributed by atoms with E-state index in [9.17, 15) is 13.2 Å². The highest BCUT2D eigenvalue weighted by molar-refractivity contribution is 7.89. The van der Waals surface area contributed by atoms with E-state index in [1.54, 1.807) is 30.2 Å². The van der Waals surface area contributed by atoms with Crippen LogP contribution in [-0.4, -0.2) is 81.3 Å². The number of aromatic amines is 1. The molecular weight excluding hydrogens is 458 g/mol. The number of amides is 1. The number of nitrogens with one attached hydrogen (secondary N) is 1. The Hall–Kier alpha value is -3.77. The van der Waals surface area contributed by atoms with Crippen molar-refractivity contribution in [1.29, 1.82) is 0 Å². The smallest absolute Gasteiger partial charge is 0.253 e. The number of carbonyl (C=O) groups is 1. The molecule has 0 radical (unpaired) electrons. The van der Waals surface area contributed by atoms with Crippen LogP contribution in [0.4, 0.5) is 0 Å². The molecule has 1 atom stereocenters. The highest BCUT2D eigenvalue weighted by Gasteiger charge is 2.37. The Bertz CT molecular complexity index is 1430. The molecule has 1 fully saturated rings. The van der Waals surface area contributed by atoms with Crippen molar-refractivity contribution in [2.75, 3.05) is 26.7 Å². The first-order valence-electron chi connectivity index (χ1n) is 10.7. The van der Waals surface area contributed by atoms with Gasteiger partial charge in [0.2, 0.25) is 10.0 Å². The molecule has 0 bridgehead atoms. The Morgan fingerprint density at radius 1 is 1.21 bits per heavy atom. The predicted molar refractivity (Wildman–Crippen MR) is 123 cm³/mol. The number of benzene rings is 1. The molecule has 1 amide bonds. The molecule has 34 heavy (non-hydrogen) atoms. The van der Waals surface area contributed by atoms with Crippen LogP contribution in [0.25, 0.3) is 16.7 Å². The fraction of sp³-hybridized carbons (Fsp3) is 0.273. The number of ether oxygens (including phenoxy) is 1. The van der Waals surface area contributed by atoms with Crippen LogP contribution < -0.4 is 4.74 Å². The number of sulfonamides is 1. The number of H-pyrrole nitrogens is 1. The summed E-state index contributed by atoms with van der Waals surface area (Å²) >= 11 is 0. The van der Waals surface area contributed by atoms with Gasteiger partial charge in [0.1, 0.15) is 10.6 Å². The zero-order valence-electron chi connectivity index (χ0n) is 18.6. The van der Waals surface area contributed by atoms with Crippen LogP contribution in [0, 0.1) is 0 Å². The van der Waals surface area contributed by atoms with E-state index in [0.29, 0.717) is 34.6 Å². The van der Waals surface area contributed by atoms with Crippen molar-refractivity contribution in [2.45, 2.75) is 17.9 Å². The monoisotopic (exact) mass is 481 g/mol. The van der Waals surface area contributed by atoms with Crippen LogP contribution in [0.5, 0.6) is 5.75 Å². The van der Waals surface area contributed by atoms with E-state index in [2.05, 4.69) is 20.3 Å². The molecule has 0 saturated carbocycles. The van der Waals surface area contributed by atoms with E-state index >= 15 is 0 Å². The molecule has 12 heteroatoms. The lowest BCUT2D eigenvalue weighted by Gasteiger charge is -2.38. The van der Waals surface area contributed by atoms with E-state index in [4.69, 9.17) is 4.74 Å². The van der Waals surface area contributed by atoms with Crippen molar-refractivity contribution in [2.24, 2.45) is 0 Å². The standard InChI is InChI=1S/C22H23N7O4S/c1-15-14-27(22(30)16-6-4-3-5-7-16)10-11-29(15)34(31,32)18-13-23-20-19(18)17(33-2)12-24-21(20)28-9-8-25-26-28/h3-9,12-13,15,23H,10-11,14H2,1-2H3/t15-/m1/s1. The molecule has 3 aromatic heterocycles. The van der Waals surface area contributed by atoms with Gasteiger partial charge in [-0.15, -0.1) is 5.10 Å². The molecule has 176 valence electrons. The number of pyridine rings is 1. The lowest BCUT2D eigenvalue weighted by Crippen LogP contribution is -2.55. The number of aromatic nitrogens is 5. The minimum absolute atomic E-state index is 0.0813. The van der Waals surface area contributed by atoms with E-state index in [-0.39, 0.29) is 23.9 Å². The van der Waals surface area contributed by atoms with Crippen molar-refractivity contribution in [3.63, 3.8) is 0 Å². The maximum Gasteiger partial charge on any atom is 0.253 e. The SMILES string of the molecule is COc1cnc(-n2ccnn2)c2[nH]cc(S(=O)(=O)N3CCN(C(=O)c4ccccc4)C[C@H]3C)c12. The van der Waals surface area contributed by atoms with Gasteiger partial charge in [-0.1, -0.05) is 23.4 Å². The Labute approximate surface area is 196 Å². The van der Waals surface area contributed by atoms with Gasteiger partial charge in [-0.05, 0) is 19.1 Å². The summed E-state index contributed by atoms with van der Waals surface area (Å²) in [7, 11) is -2.45. The molecule has 0 spiro atoms. The summed E-state index contributed by atoms with van der Waals surface area (Å²) in [5, 5.41) is 8.15. The van der Waals surface area contributed by atoms with Crippen LogP contribution >= 0.6 is 0 Å². The predicted octanol–water partition coefficient (Wildman–Crippen LogP) is 1.69. The van der Waals surface area contributed by atoms with E-state index in [1.807, 2.05) is 18.2 Å². The fourth-order valence-corrected chi connectivity index (χ4v) is 6.08. The van der Waals surface area contributed by atoms with Gasteiger partial charge in [0.15, 0.2) is 5.82 Å². The highest BCUT2D eigenvalue weighted by atomic mass is 32.2. The number of rotatable bonds is 5. The lowest BCUT2D eigenvalue weighted by atomic mass is 10.1. The molecule has 0 unspecified atom stereocenters. The second-order valence-electron chi connectivity index (χ2n) is 7.98. The molecule has 1 saturated heterocycles. The summed E-state index contributed by atoms with van der Waals surface area (Å²) in [6.07, 6.45) is 6.04. The van der Waals surface area contributed by atoms with Crippen molar-refractivity contribution < 1.29 is 17.9 Å². The second kappa shape index (κ2) is 8.54. The normalized spacial score (nSPS) is 17.2. The minimum Gasteiger partial charge on any atom is -0.494 e. The topological polar surface area (TPSA) is 126 Å². The lowest BCUT2D eigenvalue weighted by molar-refractivity contribution is 0.0642. The molecule has 1 aliphatic heterocycles. The third kappa shape index (κ3) is 3.60. The Balaban J connectivity index is 1.48. The maximum atomic E-state index is 13.8. The summed E-state index contributed by atoms with van der Waals surface area (Å²) in [5.74, 6) is 0.618. The van der Waals surface area contributed by atoms with Crippen LogP contribution in [0.15, 0.2) is 60.0 Å². The largest absolute Gasteiger partial charge is 0.494 e. The summed E-state index contributed by atoms with van der Waals surface area (Å²) in [6, 6.07) is 8.57. The van der Waals surface area contributed by atoms with Crippen molar-refractivity contribution in [3.8, 4) is 11.6 Å². The molecule has 1 aliphatic rings. The number of methoxy groups -OCH3 is 1. The van der Waals surface area contributed by atoms with Crippen molar-refractivity contribution >= 4 is 26.8 Å². The molecule has 1 N–H and O–H groups in total. The number of piperazine rings is 1. The Morgan fingerprint density at radius 2 is 2.00 bits per heavy atom. The van der Waals surface area contributed by atoms with Gasteiger partial charge in [0, 0.05) is 37.4 Å². The molecular formula is C22H23N7O4S. The van der Waals surface area contributed by atoms with E-state index in [0.717, 1.165) is 0 Å². The number of carbonyl (C=O) groups excluding carboxylic acids is 1. The minimum atomic E-state index is -3.92. The van der Waals surface area contributed by atoms with Gasteiger partial charge in [0.05, 0.1) is 36.6 Å². The zero-order chi connectivity index (χ0) is 23.9. The quantitative estimate of drug-likeness (QED) is 0.460. The molecule has 4 aromatic rings. The molecule has 4 heterocycles. The molecule has 5 rings (SSSR count). The summed E-state index contributed by atoms with van der Waals surface area (Å²) in [5.41, 5.74) is 1.05. The number of hydrogen-bond donors (Lipinski definition) is 1. The second-order valence-corrected chi connectivity index (χ2v) is 9.84. The summed E-state index contributed by atoms with van der Waals surface area (Å²) in [4.78, 5) is 22.0. The van der Waals surface area contributed by atoms with Crippen molar-refractivity contribution in [1.82, 2.24) is 34.2 Å². The first-order valence-corrected chi connectivity index (χ1v) is 12.1. The average molecular weight is 482 g/mol. The van der Waals surface area contributed by atoms with Crippen LogP contribution in [0.2, 0.25) is 0 Å².